The van der Waals surface area contributed by atoms with Crippen molar-refractivity contribution in [2.75, 3.05) is 5.43 Å². The summed E-state index contributed by atoms with van der Waals surface area (Å²) in [6, 6.07) is 21.9. The number of azo groups is 1. The standard InChI is InChI=1S/C23H18N6S2/c1-15(18-14-24-19-11-6-5-10-17(18)19)26-29-23-25-21(20-12-7-13-30-20)22(31-23)28-27-16-8-3-2-4-9-16/h2-14,24H,1H3,(H,25,29)/b26-15-,28-27?. The number of aromatic nitrogens is 2. The summed E-state index contributed by atoms with van der Waals surface area (Å²) in [5, 5.41) is 18.0. The van der Waals surface area contributed by atoms with Gasteiger partial charge in [-0.3, -0.25) is 5.43 Å². The highest BCUT2D eigenvalue weighted by atomic mass is 32.1. The van der Waals surface area contributed by atoms with E-state index in [9.17, 15) is 0 Å². The normalized spacial score (nSPS) is 12.1. The Labute approximate surface area is 187 Å². The number of nitrogens with zero attached hydrogens (tertiary/aromatic N) is 4. The molecule has 5 rings (SSSR count). The minimum absolute atomic E-state index is 0.671. The van der Waals surface area contributed by atoms with Crippen LogP contribution in [0.2, 0.25) is 0 Å². The SMILES string of the molecule is C/C(=N/Nc1nc(-c2cccs2)c(N=Nc2ccccc2)s1)c1c[nH]c2ccccc12. The number of thiophene rings is 1. The number of thiazole rings is 1. The smallest absolute Gasteiger partial charge is 0.206 e. The lowest BCUT2D eigenvalue weighted by molar-refractivity contribution is 1.24. The number of H-pyrrole nitrogens is 1. The fraction of sp³-hybridized carbons (Fsp3) is 0.0435. The van der Waals surface area contributed by atoms with Gasteiger partial charge in [0.25, 0.3) is 0 Å². The Bertz CT molecular complexity index is 1360. The van der Waals surface area contributed by atoms with E-state index in [-0.39, 0.29) is 0 Å². The van der Waals surface area contributed by atoms with Crippen molar-refractivity contribution in [3.8, 4) is 10.6 Å². The number of nitrogens with one attached hydrogen (secondary N) is 2. The molecule has 0 spiro atoms. The Morgan fingerprint density at radius 2 is 1.81 bits per heavy atom. The molecule has 5 aromatic rings. The molecule has 3 aromatic heterocycles. The topological polar surface area (TPSA) is 77.8 Å². The van der Waals surface area contributed by atoms with Gasteiger partial charge < -0.3 is 4.98 Å². The molecule has 0 atom stereocenters. The molecule has 0 saturated carbocycles. The number of fused-ring (bicyclic) bond motifs is 1. The van der Waals surface area contributed by atoms with Crippen molar-refractivity contribution in [2.45, 2.75) is 6.92 Å². The third-order valence-electron chi connectivity index (χ3n) is 4.67. The molecular formula is C23H18N6S2. The fourth-order valence-corrected chi connectivity index (χ4v) is 4.69. The zero-order valence-electron chi connectivity index (χ0n) is 16.6. The minimum Gasteiger partial charge on any atom is -0.360 e. The summed E-state index contributed by atoms with van der Waals surface area (Å²) < 4.78 is 0. The Morgan fingerprint density at radius 1 is 0.968 bits per heavy atom. The number of aromatic amines is 1. The van der Waals surface area contributed by atoms with Crippen molar-refractivity contribution >= 4 is 55.1 Å². The largest absolute Gasteiger partial charge is 0.360 e. The third kappa shape index (κ3) is 4.16. The van der Waals surface area contributed by atoms with Gasteiger partial charge in [-0.15, -0.1) is 21.6 Å². The number of rotatable bonds is 6. The predicted molar refractivity (Wildman–Crippen MR) is 130 cm³/mol. The Hall–Kier alpha value is -3.62. The van der Waals surface area contributed by atoms with Gasteiger partial charge in [0.15, 0.2) is 5.00 Å². The summed E-state index contributed by atoms with van der Waals surface area (Å²) in [7, 11) is 0. The Kier molecular flexibility index (Phi) is 5.39. The third-order valence-corrected chi connectivity index (χ3v) is 6.40. The van der Waals surface area contributed by atoms with Gasteiger partial charge in [0.1, 0.15) is 5.69 Å². The van der Waals surface area contributed by atoms with Crippen molar-refractivity contribution in [2.24, 2.45) is 15.3 Å². The number of para-hydroxylation sites is 1. The number of hydrogen-bond donors (Lipinski definition) is 2. The maximum Gasteiger partial charge on any atom is 0.206 e. The van der Waals surface area contributed by atoms with E-state index in [1.165, 1.54) is 11.3 Å². The Morgan fingerprint density at radius 3 is 2.65 bits per heavy atom. The number of anilines is 1. The van der Waals surface area contributed by atoms with Gasteiger partial charge in [-0.2, -0.15) is 5.10 Å². The van der Waals surface area contributed by atoms with E-state index >= 15 is 0 Å². The number of hydrazone groups is 1. The van der Waals surface area contributed by atoms with Gasteiger partial charge in [-0.1, -0.05) is 53.8 Å². The first-order valence-electron chi connectivity index (χ1n) is 9.66. The molecule has 0 amide bonds. The molecule has 31 heavy (non-hydrogen) atoms. The van der Waals surface area contributed by atoms with Crippen molar-refractivity contribution < 1.29 is 0 Å². The molecule has 2 aromatic carbocycles. The Balaban J connectivity index is 1.44. The summed E-state index contributed by atoms with van der Waals surface area (Å²) in [5.41, 5.74) is 7.73. The molecule has 0 bridgehead atoms. The average molecular weight is 443 g/mol. The van der Waals surface area contributed by atoms with Crippen LogP contribution in [0.1, 0.15) is 12.5 Å². The van der Waals surface area contributed by atoms with Crippen LogP contribution in [-0.2, 0) is 0 Å². The van der Waals surface area contributed by atoms with Crippen LogP contribution in [0.3, 0.4) is 0 Å². The lowest BCUT2D eigenvalue weighted by Gasteiger charge is -1.99. The van der Waals surface area contributed by atoms with Crippen molar-refractivity contribution in [1.82, 2.24) is 9.97 Å². The zero-order chi connectivity index (χ0) is 21.0. The zero-order valence-corrected chi connectivity index (χ0v) is 18.2. The van der Waals surface area contributed by atoms with Crippen LogP contribution in [0.5, 0.6) is 0 Å². The van der Waals surface area contributed by atoms with Gasteiger partial charge in [0, 0.05) is 22.7 Å². The molecule has 6 nitrogen and oxygen atoms in total. The number of benzene rings is 2. The summed E-state index contributed by atoms with van der Waals surface area (Å²) in [6.45, 7) is 1.98. The van der Waals surface area contributed by atoms with Crippen LogP contribution in [0.15, 0.2) is 93.6 Å². The van der Waals surface area contributed by atoms with Crippen molar-refractivity contribution in [1.29, 1.82) is 0 Å². The maximum atomic E-state index is 4.73. The highest BCUT2D eigenvalue weighted by Gasteiger charge is 2.14. The van der Waals surface area contributed by atoms with Crippen LogP contribution in [-0.4, -0.2) is 15.7 Å². The first-order valence-corrected chi connectivity index (χ1v) is 11.4. The van der Waals surface area contributed by atoms with E-state index in [1.807, 2.05) is 73.1 Å². The molecule has 0 saturated heterocycles. The van der Waals surface area contributed by atoms with E-state index in [0.29, 0.717) is 5.13 Å². The van der Waals surface area contributed by atoms with E-state index in [0.717, 1.165) is 43.4 Å². The van der Waals surface area contributed by atoms with Crippen molar-refractivity contribution in [3.05, 3.63) is 83.9 Å². The molecule has 152 valence electrons. The van der Waals surface area contributed by atoms with Crippen LogP contribution in [0.25, 0.3) is 21.5 Å². The van der Waals surface area contributed by atoms with Gasteiger partial charge >= 0.3 is 0 Å². The highest BCUT2D eigenvalue weighted by Crippen LogP contribution is 2.40. The van der Waals surface area contributed by atoms with Crippen LogP contribution >= 0.6 is 22.7 Å². The molecule has 0 unspecified atom stereocenters. The monoisotopic (exact) mass is 442 g/mol. The van der Waals surface area contributed by atoms with Crippen molar-refractivity contribution in [3.63, 3.8) is 0 Å². The van der Waals surface area contributed by atoms with Gasteiger partial charge in [0.05, 0.1) is 16.3 Å². The lowest BCUT2D eigenvalue weighted by Crippen LogP contribution is -1.98. The summed E-state index contributed by atoms with van der Waals surface area (Å²) in [6.07, 6.45) is 1.98. The predicted octanol–water partition coefficient (Wildman–Crippen LogP) is 7.60. The first kappa shape index (κ1) is 19.3. The quantitative estimate of drug-likeness (QED) is 0.161. The van der Waals surface area contributed by atoms with E-state index < -0.39 is 0 Å². The number of hydrogen-bond acceptors (Lipinski definition) is 7. The fourth-order valence-electron chi connectivity index (χ4n) is 3.16. The van der Waals surface area contributed by atoms with Gasteiger partial charge in [-0.05, 0) is 36.6 Å². The molecule has 8 heteroatoms. The van der Waals surface area contributed by atoms with Crippen LogP contribution < -0.4 is 5.43 Å². The van der Waals surface area contributed by atoms with E-state index in [4.69, 9.17) is 4.98 Å². The summed E-state index contributed by atoms with van der Waals surface area (Å²) in [4.78, 5) is 9.06. The molecule has 0 fully saturated rings. The van der Waals surface area contributed by atoms with E-state index in [1.54, 1.807) is 11.3 Å². The summed E-state index contributed by atoms with van der Waals surface area (Å²) in [5.74, 6) is 0. The molecule has 0 aliphatic heterocycles. The van der Waals surface area contributed by atoms with Gasteiger partial charge in [-0.25, -0.2) is 4.98 Å². The maximum absolute atomic E-state index is 4.73. The second-order valence-corrected chi connectivity index (χ2v) is 8.67. The highest BCUT2D eigenvalue weighted by molar-refractivity contribution is 7.20. The second-order valence-electron chi connectivity index (χ2n) is 6.74. The molecule has 0 aliphatic carbocycles. The average Bonchev–Trinajstić information content (AvgIpc) is 3.56. The summed E-state index contributed by atoms with van der Waals surface area (Å²) >= 11 is 3.05. The molecule has 0 radical (unpaired) electrons. The molecule has 0 aliphatic rings. The molecule has 3 heterocycles. The first-order chi connectivity index (χ1) is 15.3. The molecule has 2 N–H and O–H groups in total. The molecular weight excluding hydrogens is 424 g/mol. The van der Waals surface area contributed by atoms with Gasteiger partial charge in [0.2, 0.25) is 5.13 Å². The lowest BCUT2D eigenvalue weighted by atomic mass is 10.1. The van der Waals surface area contributed by atoms with E-state index in [2.05, 4.69) is 37.9 Å². The van der Waals surface area contributed by atoms with Crippen LogP contribution in [0.4, 0.5) is 15.8 Å². The minimum atomic E-state index is 0.671. The van der Waals surface area contributed by atoms with Crippen LogP contribution in [0, 0.1) is 0 Å². The second kappa shape index (κ2) is 8.63.